The number of rotatable bonds is 2. The average Bonchev–Trinajstić information content (AvgIpc) is 2.09. The number of pyridine rings is 1. The standard InChI is InChI=1S/C8H7BrClF2N/c1-4-5(3-9)2-6(8(11)12)13-7(4)10/h2,8H,3H2,1H3. The molecule has 1 rings (SSSR count). The van der Waals surface area contributed by atoms with E-state index in [1.165, 1.54) is 6.07 Å². The molecular formula is C8H7BrClF2N. The van der Waals surface area contributed by atoms with Crippen molar-refractivity contribution in [1.82, 2.24) is 4.98 Å². The second kappa shape index (κ2) is 4.33. The zero-order valence-electron chi connectivity index (χ0n) is 6.82. The molecule has 0 N–H and O–H groups in total. The van der Waals surface area contributed by atoms with Crippen LogP contribution in [0.5, 0.6) is 0 Å². The van der Waals surface area contributed by atoms with Crippen molar-refractivity contribution in [3.8, 4) is 0 Å². The van der Waals surface area contributed by atoms with Gasteiger partial charge in [0.05, 0.1) is 0 Å². The molecule has 1 nitrogen and oxygen atoms in total. The Bertz CT molecular complexity index is 317. The molecule has 13 heavy (non-hydrogen) atoms. The Morgan fingerprint density at radius 3 is 2.69 bits per heavy atom. The zero-order valence-corrected chi connectivity index (χ0v) is 9.16. The van der Waals surface area contributed by atoms with Gasteiger partial charge in [-0.1, -0.05) is 27.5 Å². The van der Waals surface area contributed by atoms with E-state index in [1.807, 2.05) is 0 Å². The van der Waals surface area contributed by atoms with Crippen molar-refractivity contribution in [1.29, 1.82) is 0 Å². The third kappa shape index (κ3) is 2.38. The third-order valence-electron chi connectivity index (χ3n) is 1.71. The monoisotopic (exact) mass is 269 g/mol. The van der Waals surface area contributed by atoms with Crippen LogP contribution in [0.3, 0.4) is 0 Å². The van der Waals surface area contributed by atoms with Crippen LogP contribution in [0.4, 0.5) is 8.78 Å². The SMILES string of the molecule is Cc1c(CBr)cc(C(F)F)nc1Cl. The van der Waals surface area contributed by atoms with Gasteiger partial charge >= 0.3 is 0 Å². The van der Waals surface area contributed by atoms with Crippen molar-refractivity contribution in [3.05, 3.63) is 28.0 Å². The molecule has 0 unspecified atom stereocenters. The van der Waals surface area contributed by atoms with Crippen LogP contribution in [0.1, 0.15) is 23.2 Å². The molecule has 0 aliphatic heterocycles. The minimum Gasteiger partial charge on any atom is -0.235 e. The van der Waals surface area contributed by atoms with E-state index in [4.69, 9.17) is 11.6 Å². The first-order valence-corrected chi connectivity index (χ1v) is 5.06. The topological polar surface area (TPSA) is 12.9 Å². The highest BCUT2D eigenvalue weighted by Crippen LogP contribution is 2.25. The van der Waals surface area contributed by atoms with E-state index >= 15 is 0 Å². The Hall–Kier alpha value is -0.220. The van der Waals surface area contributed by atoms with Gasteiger partial charge in [0.25, 0.3) is 6.43 Å². The van der Waals surface area contributed by atoms with Gasteiger partial charge in [0, 0.05) is 5.33 Å². The molecule has 72 valence electrons. The Morgan fingerprint density at radius 2 is 2.23 bits per heavy atom. The van der Waals surface area contributed by atoms with Gasteiger partial charge in [-0.15, -0.1) is 0 Å². The van der Waals surface area contributed by atoms with Crippen molar-refractivity contribution < 1.29 is 8.78 Å². The van der Waals surface area contributed by atoms with Gasteiger partial charge in [-0.3, -0.25) is 0 Å². The Morgan fingerprint density at radius 1 is 1.62 bits per heavy atom. The second-order valence-electron chi connectivity index (χ2n) is 2.56. The maximum Gasteiger partial charge on any atom is 0.280 e. The maximum atomic E-state index is 12.3. The van der Waals surface area contributed by atoms with Gasteiger partial charge in [-0.05, 0) is 24.1 Å². The molecule has 0 aliphatic rings. The van der Waals surface area contributed by atoms with Gasteiger partial charge in [-0.2, -0.15) is 0 Å². The summed E-state index contributed by atoms with van der Waals surface area (Å²) in [6.45, 7) is 1.75. The molecule has 1 aromatic rings. The minimum atomic E-state index is -2.57. The van der Waals surface area contributed by atoms with E-state index in [0.29, 0.717) is 5.33 Å². The molecular weight excluding hydrogens is 263 g/mol. The summed E-state index contributed by atoms with van der Waals surface area (Å²) in [6.07, 6.45) is -2.57. The number of hydrogen-bond donors (Lipinski definition) is 0. The normalized spacial score (nSPS) is 10.9. The molecule has 0 saturated carbocycles. The van der Waals surface area contributed by atoms with Gasteiger partial charge < -0.3 is 0 Å². The van der Waals surface area contributed by atoms with Crippen LogP contribution >= 0.6 is 27.5 Å². The second-order valence-corrected chi connectivity index (χ2v) is 3.48. The number of hydrogen-bond acceptors (Lipinski definition) is 1. The fraction of sp³-hybridized carbons (Fsp3) is 0.375. The summed E-state index contributed by atoms with van der Waals surface area (Å²) in [7, 11) is 0. The fourth-order valence-corrected chi connectivity index (χ4v) is 1.70. The molecule has 5 heteroatoms. The van der Waals surface area contributed by atoms with Gasteiger partial charge in [0.15, 0.2) is 0 Å². The summed E-state index contributed by atoms with van der Waals surface area (Å²) in [4.78, 5) is 3.58. The van der Waals surface area contributed by atoms with Gasteiger partial charge in [0.1, 0.15) is 10.8 Å². The molecule has 1 heterocycles. The van der Waals surface area contributed by atoms with E-state index in [1.54, 1.807) is 6.92 Å². The molecule has 0 spiro atoms. The first-order chi connectivity index (χ1) is 6.06. The Balaban J connectivity index is 3.22. The number of nitrogens with zero attached hydrogens (tertiary/aromatic N) is 1. The lowest BCUT2D eigenvalue weighted by molar-refractivity contribution is 0.146. The third-order valence-corrected chi connectivity index (χ3v) is 2.68. The average molecular weight is 271 g/mol. The molecule has 0 aromatic carbocycles. The van der Waals surface area contributed by atoms with Crippen LogP contribution in [-0.2, 0) is 5.33 Å². The smallest absolute Gasteiger partial charge is 0.235 e. The fourth-order valence-electron chi connectivity index (χ4n) is 0.899. The van der Waals surface area contributed by atoms with Crippen LogP contribution in [0, 0.1) is 6.92 Å². The van der Waals surface area contributed by atoms with E-state index in [0.717, 1.165) is 11.1 Å². The summed E-state index contributed by atoms with van der Waals surface area (Å²) in [5, 5.41) is 0.646. The van der Waals surface area contributed by atoms with Crippen LogP contribution in [0.2, 0.25) is 5.15 Å². The zero-order chi connectivity index (χ0) is 10.0. The Kier molecular flexibility index (Phi) is 3.62. The van der Waals surface area contributed by atoms with E-state index in [-0.39, 0.29) is 10.8 Å². The van der Waals surface area contributed by atoms with Crippen LogP contribution < -0.4 is 0 Å². The quantitative estimate of drug-likeness (QED) is 0.587. The number of halogens is 4. The molecule has 0 amide bonds. The van der Waals surface area contributed by atoms with Gasteiger partial charge in [0.2, 0.25) is 0 Å². The van der Waals surface area contributed by atoms with Crippen molar-refractivity contribution in [2.24, 2.45) is 0 Å². The number of alkyl halides is 3. The number of aromatic nitrogens is 1. The van der Waals surface area contributed by atoms with Crippen molar-refractivity contribution in [2.75, 3.05) is 0 Å². The summed E-state index contributed by atoms with van der Waals surface area (Å²) >= 11 is 8.87. The lowest BCUT2D eigenvalue weighted by Crippen LogP contribution is -1.96. The molecule has 0 fully saturated rings. The minimum absolute atomic E-state index is 0.146. The summed E-state index contributed by atoms with van der Waals surface area (Å²) < 4.78 is 24.5. The summed E-state index contributed by atoms with van der Waals surface area (Å²) in [6, 6.07) is 1.36. The molecule has 1 aromatic heterocycles. The van der Waals surface area contributed by atoms with Crippen molar-refractivity contribution in [2.45, 2.75) is 18.7 Å². The molecule has 0 aliphatic carbocycles. The lowest BCUT2D eigenvalue weighted by Gasteiger charge is -2.06. The first kappa shape index (κ1) is 10.9. The maximum absolute atomic E-state index is 12.3. The van der Waals surface area contributed by atoms with E-state index in [9.17, 15) is 8.78 Å². The Labute approximate surface area is 88.2 Å². The predicted octanol–water partition coefficient (Wildman–Crippen LogP) is 3.88. The van der Waals surface area contributed by atoms with Crippen LogP contribution in [-0.4, -0.2) is 4.98 Å². The molecule has 0 saturated heterocycles. The molecule has 0 radical (unpaired) electrons. The lowest BCUT2D eigenvalue weighted by atomic mass is 10.1. The van der Waals surface area contributed by atoms with E-state index < -0.39 is 6.43 Å². The van der Waals surface area contributed by atoms with Gasteiger partial charge in [-0.25, -0.2) is 13.8 Å². The molecule has 0 bridgehead atoms. The van der Waals surface area contributed by atoms with Crippen molar-refractivity contribution >= 4 is 27.5 Å². The summed E-state index contributed by atoms with van der Waals surface area (Å²) in [5.74, 6) is 0. The summed E-state index contributed by atoms with van der Waals surface area (Å²) in [5.41, 5.74) is 1.21. The molecule has 0 atom stereocenters. The highest BCUT2D eigenvalue weighted by Gasteiger charge is 2.13. The van der Waals surface area contributed by atoms with E-state index in [2.05, 4.69) is 20.9 Å². The largest absolute Gasteiger partial charge is 0.280 e. The highest BCUT2D eigenvalue weighted by molar-refractivity contribution is 9.08. The van der Waals surface area contributed by atoms with Crippen molar-refractivity contribution in [3.63, 3.8) is 0 Å². The van der Waals surface area contributed by atoms with Crippen LogP contribution in [0.15, 0.2) is 6.07 Å². The first-order valence-electron chi connectivity index (χ1n) is 3.56. The van der Waals surface area contributed by atoms with Crippen LogP contribution in [0.25, 0.3) is 0 Å². The predicted molar refractivity (Wildman–Crippen MR) is 51.6 cm³/mol. The highest BCUT2D eigenvalue weighted by atomic mass is 79.9.